The van der Waals surface area contributed by atoms with E-state index >= 15 is 0 Å². The minimum absolute atomic E-state index is 0.204. The lowest BCUT2D eigenvalue weighted by molar-refractivity contribution is 0.241. The average molecular weight is 312 g/mol. The summed E-state index contributed by atoms with van der Waals surface area (Å²) in [5.41, 5.74) is -1.34. The van der Waals surface area contributed by atoms with E-state index in [1.165, 1.54) is 0 Å². The third kappa shape index (κ3) is 3.57. The van der Waals surface area contributed by atoms with Gasteiger partial charge in [-0.15, -0.1) is 0 Å². The summed E-state index contributed by atoms with van der Waals surface area (Å²) in [4.78, 5) is 35.7. The van der Waals surface area contributed by atoms with Gasteiger partial charge in [0.25, 0.3) is 5.56 Å². The summed E-state index contributed by atoms with van der Waals surface area (Å²) >= 11 is 5.96. The zero-order valence-electron chi connectivity index (χ0n) is 10.7. The van der Waals surface area contributed by atoms with Crippen molar-refractivity contribution in [2.24, 2.45) is 0 Å². The number of hydrogen-bond acceptors (Lipinski definition) is 3. The third-order valence-corrected chi connectivity index (χ3v) is 3.11. The second-order valence-corrected chi connectivity index (χ2v) is 4.59. The van der Waals surface area contributed by atoms with Gasteiger partial charge in [-0.05, 0) is 18.1 Å². The van der Waals surface area contributed by atoms with Crippen LogP contribution in [0.3, 0.4) is 0 Å². The molecule has 6 nitrogen and oxygen atoms in total. The van der Waals surface area contributed by atoms with Crippen LogP contribution < -0.4 is 16.6 Å². The number of hydrogen-bond donors (Lipinski definition) is 2. The van der Waals surface area contributed by atoms with Gasteiger partial charge in [0.1, 0.15) is 0 Å². The average Bonchev–Trinajstić information content (AvgIpc) is 2.44. The fourth-order valence-corrected chi connectivity index (χ4v) is 1.92. The number of nitrogens with one attached hydrogen (secondary N) is 2. The highest BCUT2D eigenvalue weighted by Crippen LogP contribution is 2.14. The third-order valence-electron chi connectivity index (χ3n) is 2.75. The number of nitrogens with zero attached hydrogens (tertiary/aromatic N) is 1. The first kappa shape index (κ1) is 15.0. The second-order valence-electron chi connectivity index (χ2n) is 4.18. The number of rotatable bonds is 3. The van der Waals surface area contributed by atoms with Gasteiger partial charge in [0.15, 0.2) is 0 Å². The number of benzene rings is 1. The first-order valence-corrected chi connectivity index (χ1v) is 6.40. The van der Waals surface area contributed by atoms with Crippen LogP contribution in [-0.2, 0) is 6.42 Å². The van der Waals surface area contributed by atoms with Crippen LogP contribution in [0.5, 0.6) is 0 Å². The Morgan fingerprint density at radius 3 is 2.76 bits per heavy atom. The minimum atomic E-state index is -1.21. The normalized spacial score (nSPS) is 10.4. The van der Waals surface area contributed by atoms with Crippen LogP contribution in [0, 0.1) is 5.82 Å². The molecule has 0 aliphatic carbocycles. The van der Waals surface area contributed by atoms with Crippen molar-refractivity contribution < 1.29 is 9.18 Å². The Balaban J connectivity index is 2.03. The number of carbonyl (C=O) groups excluding carboxylic acids is 1. The fraction of sp³-hybridized carbons (Fsp3) is 0.154. The molecular weight excluding hydrogens is 301 g/mol. The van der Waals surface area contributed by atoms with Crippen LogP contribution in [-0.4, -0.2) is 22.1 Å². The van der Waals surface area contributed by atoms with Gasteiger partial charge >= 0.3 is 11.7 Å². The van der Waals surface area contributed by atoms with Crippen LogP contribution >= 0.6 is 11.6 Å². The molecular formula is C13H11ClFN3O3. The van der Waals surface area contributed by atoms with E-state index < -0.39 is 23.1 Å². The van der Waals surface area contributed by atoms with Crippen molar-refractivity contribution in [3.63, 3.8) is 0 Å². The van der Waals surface area contributed by atoms with Crippen molar-refractivity contribution in [1.29, 1.82) is 0 Å². The Bertz CT molecular complexity index is 785. The molecule has 0 spiro atoms. The van der Waals surface area contributed by atoms with E-state index in [0.29, 0.717) is 22.2 Å². The molecule has 2 rings (SSSR count). The van der Waals surface area contributed by atoms with Gasteiger partial charge in [-0.1, -0.05) is 29.8 Å². The lowest BCUT2D eigenvalue weighted by Gasteiger charge is -2.07. The Morgan fingerprint density at radius 1 is 1.33 bits per heavy atom. The van der Waals surface area contributed by atoms with Crippen molar-refractivity contribution in [1.82, 2.24) is 14.9 Å². The Kier molecular flexibility index (Phi) is 4.54. The molecule has 0 aliphatic rings. The maximum absolute atomic E-state index is 13.1. The number of amides is 1. The molecule has 8 heteroatoms. The standard InChI is InChI=1S/C13H11ClFN3O3/c14-9-4-2-1-3-8(9)5-6-16-12(20)18-7-10(15)11(19)17-13(18)21/h1-4,7H,5-6H2,(H,16,20)(H,17,19,21). The molecule has 0 unspecified atom stereocenters. The van der Waals surface area contributed by atoms with Crippen molar-refractivity contribution in [2.45, 2.75) is 6.42 Å². The van der Waals surface area contributed by atoms with Gasteiger partial charge in [0.05, 0.1) is 6.20 Å². The van der Waals surface area contributed by atoms with Crippen molar-refractivity contribution in [2.75, 3.05) is 6.54 Å². The molecule has 2 N–H and O–H groups in total. The highest BCUT2D eigenvalue weighted by atomic mass is 35.5. The predicted molar refractivity (Wildman–Crippen MR) is 75.2 cm³/mol. The van der Waals surface area contributed by atoms with E-state index in [4.69, 9.17) is 11.6 Å². The van der Waals surface area contributed by atoms with Gasteiger partial charge < -0.3 is 5.32 Å². The molecule has 1 aromatic heterocycles. The minimum Gasteiger partial charge on any atom is -0.337 e. The monoisotopic (exact) mass is 311 g/mol. The highest BCUT2D eigenvalue weighted by molar-refractivity contribution is 6.31. The second kappa shape index (κ2) is 6.36. The van der Waals surface area contributed by atoms with Crippen molar-refractivity contribution >= 4 is 17.6 Å². The van der Waals surface area contributed by atoms with Crippen LogP contribution in [0.15, 0.2) is 40.1 Å². The SMILES string of the molecule is O=C(NCCc1ccccc1Cl)n1cc(F)c(=O)[nH]c1=O. The lowest BCUT2D eigenvalue weighted by atomic mass is 10.1. The summed E-state index contributed by atoms with van der Waals surface area (Å²) in [5, 5.41) is 3.01. The van der Waals surface area contributed by atoms with Gasteiger partial charge in [-0.25, -0.2) is 14.2 Å². The van der Waals surface area contributed by atoms with Crippen LogP contribution in [0.1, 0.15) is 5.56 Å². The molecule has 0 saturated carbocycles. The molecule has 1 aromatic carbocycles. The summed E-state index contributed by atoms with van der Waals surface area (Å²) in [7, 11) is 0. The first-order valence-electron chi connectivity index (χ1n) is 6.02. The number of aromatic nitrogens is 2. The molecule has 21 heavy (non-hydrogen) atoms. The molecule has 0 saturated heterocycles. The molecule has 0 atom stereocenters. The van der Waals surface area contributed by atoms with Crippen molar-refractivity contribution in [3.05, 3.63) is 67.7 Å². The molecule has 0 fully saturated rings. The summed E-state index contributed by atoms with van der Waals surface area (Å²) < 4.78 is 13.5. The number of halogens is 2. The molecule has 110 valence electrons. The number of H-pyrrole nitrogens is 1. The first-order chi connectivity index (χ1) is 9.99. The van der Waals surface area contributed by atoms with E-state index in [-0.39, 0.29) is 6.54 Å². The van der Waals surface area contributed by atoms with Gasteiger partial charge in [0, 0.05) is 11.6 Å². The smallest absolute Gasteiger partial charge is 0.336 e. The lowest BCUT2D eigenvalue weighted by Crippen LogP contribution is -2.41. The van der Waals surface area contributed by atoms with Crippen LogP contribution in [0.4, 0.5) is 9.18 Å². The number of carbonyl (C=O) groups is 1. The predicted octanol–water partition coefficient (Wildman–Crippen LogP) is 1.13. The molecule has 0 radical (unpaired) electrons. The van der Waals surface area contributed by atoms with E-state index in [1.807, 2.05) is 6.07 Å². The topological polar surface area (TPSA) is 84.0 Å². The summed E-state index contributed by atoms with van der Waals surface area (Å²) in [5.74, 6) is -1.21. The van der Waals surface area contributed by atoms with E-state index in [1.54, 1.807) is 23.2 Å². The molecule has 0 aliphatic heterocycles. The van der Waals surface area contributed by atoms with Gasteiger partial charge in [-0.2, -0.15) is 4.39 Å². The quantitative estimate of drug-likeness (QED) is 0.891. The summed E-state index contributed by atoms with van der Waals surface area (Å²) in [6.45, 7) is 0.204. The van der Waals surface area contributed by atoms with Crippen LogP contribution in [0.2, 0.25) is 5.02 Å². The highest BCUT2D eigenvalue weighted by Gasteiger charge is 2.10. The molecule has 1 heterocycles. The number of aromatic amines is 1. The maximum Gasteiger partial charge on any atom is 0.336 e. The summed E-state index contributed by atoms with van der Waals surface area (Å²) in [6.07, 6.45) is 0.998. The van der Waals surface area contributed by atoms with E-state index in [2.05, 4.69) is 5.32 Å². The Hall–Kier alpha value is -2.41. The molecule has 1 amide bonds. The fourth-order valence-electron chi connectivity index (χ4n) is 1.69. The van der Waals surface area contributed by atoms with E-state index in [9.17, 15) is 18.8 Å². The van der Waals surface area contributed by atoms with E-state index in [0.717, 1.165) is 5.56 Å². The van der Waals surface area contributed by atoms with Gasteiger partial charge in [0.2, 0.25) is 5.82 Å². The Morgan fingerprint density at radius 2 is 2.05 bits per heavy atom. The van der Waals surface area contributed by atoms with Crippen molar-refractivity contribution in [3.8, 4) is 0 Å². The zero-order valence-corrected chi connectivity index (χ0v) is 11.5. The van der Waals surface area contributed by atoms with Crippen LogP contribution in [0.25, 0.3) is 0 Å². The van der Waals surface area contributed by atoms with Gasteiger partial charge in [-0.3, -0.25) is 9.78 Å². The maximum atomic E-state index is 13.1. The molecule has 0 bridgehead atoms. The zero-order chi connectivity index (χ0) is 15.4. The molecule has 2 aromatic rings. The summed E-state index contributed by atoms with van der Waals surface area (Å²) in [6, 6.07) is 6.29. The largest absolute Gasteiger partial charge is 0.337 e. The Labute approximate surface area is 123 Å².